The average molecular weight is 378 g/mol. The fraction of sp³-hybridized carbons (Fsp3) is 0.294. The standard InChI is InChI=1S/C17H17ClFN5O2/c18-13-9-12(1-2-14(13)19)22-16(25)11-23-5-7-24(8-6-23)17(26)15-10-20-3-4-21-15/h1-4,9-10H,5-8,11H2,(H,22,25). The van der Waals surface area contributed by atoms with Gasteiger partial charge in [0, 0.05) is 44.3 Å². The molecule has 26 heavy (non-hydrogen) atoms. The van der Waals surface area contributed by atoms with Crippen molar-refractivity contribution < 1.29 is 14.0 Å². The molecule has 3 rings (SSSR count). The van der Waals surface area contributed by atoms with Crippen LogP contribution < -0.4 is 5.32 Å². The Balaban J connectivity index is 1.48. The maximum atomic E-state index is 13.1. The molecule has 2 amide bonds. The minimum Gasteiger partial charge on any atom is -0.335 e. The first-order valence-corrected chi connectivity index (χ1v) is 8.43. The predicted molar refractivity (Wildman–Crippen MR) is 94.4 cm³/mol. The summed E-state index contributed by atoms with van der Waals surface area (Å²) in [6.45, 7) is 2.34. The Labute approximate surface area is 154 Å². The molecule has 0 radical (unpaired) electrons. The Hall–Kier alpha value is -2.58. The highest BCUT2D eigenvalue weighted by molar-refractivity contribution is 6.31. The van der Waals surface area contributed by atoms with Gasteiger partial charge in [-0.15, -0.1) is 0 Å². The number of rotatable bonds is 4. The number of anilines is 1. The number of piperazine rings is 1. The van der Waals surface area contributed by atoms with Gasteiger partial charge in [0.25, 0.3) is 5.91 Å². The van der Waals surface area contributed by atoms with Gasteiger partial charge in [-0.3, -0.25) is 19.5 Å². The number of halogens is 2. The number of hydrogen-bond acceptors (Lipinski definition) is 5. The van der Waals surface area contributed by atoms with Crippen LogP contribution in [0.2, 0.25) is 5.02 Å². The van der Waals surface area contributed by atoms with Crippen LogP contribution in [0.3, 0.4) is 0 Å². The second-order valence-corrected chi connectivity index (χ2v) is 6.24. The lowest BCUT2D eigenvalue weighted by atomic mass is 10.2. The van der Waals surface area contributed by atoms with Crippen LogP contribution in [0.25, 0.3) is 0 Å². The van der Waals surface area contributed by atoms with E-state index in [1.807, 2.05) is 4.90 Å². The van der Waals surface area contributed by atoms with E-state index in [-0.39, 0.29) is 23.4 Å². The monoisotopic (exact) mass is 377 g/mol. The van der Waals surface area contributed by atoms with Crippen molar-refractivity contribution in [3.8, 4) is 0 Å². The number of carbonyl (C=O) groups is 2. The number of aromatic nitrogens is 2. The van der Waals surface area contributed by atoms with Crippen molar-refractivity contribution in [2.75, 3.05) is 38.0 Å². The Morgan fingerprint density at radius 3 is 2.62 bits per heavy atom. The highest BCUT2D eigenvalue weighted by atomic mass is 35.5. The lowest BCUT2D eigenvalue weighted by Crippen LogP contribution is -2.50. The number of nitrogens with one attached hydrogen (secondary N) is 1. The van der Waals surface area contributed by atoms with Crippen LogP contribution in [0.1, 0.15) is 10.5 Å². The first kappa shape index (κ1) is 18.2. The van der Waals surface area contributed by atoms with E-state index >= 15 is 0 Å². The van der Waals surface area contributed by atoms with Crippen LogP contribution in [-0.4, -0.2) is 64.3 Å². The molecule has 0 bridgehead atoms. The van der Waals surface area contributed by atoms with E-state index in [1.165, 1.54) is 36.8 Å². The predicted octanol–water partition coefficient (Wildman–Crippen LogP) is 1.67. The third-order valence-corrected chi connectivity index (χ3v) is 4.30. The van der Waals surface area contributed by atoms with Gasteiger partial charge >= 0.3 is 0 Å². The summed E-state index contributed by atoms with van der Waals surface area (Å²) in [5.74, 6) is -0.918. The molecule has 1 aromatic heterocycles. The van der Waals surface area contributed by atoms with Crippen LogP contribution in [0.4, 0.5) is 10.1 Å². The van der Waals surface area contributed by atoms with Crippen LogP contribution in [-0.2, 0) is 4.79 Å². The van der Waals surface area contributed by atoms with Gasteiger partial charge < -0.3 is 10.2 Å². The lowest BCUT2D eigenvalue weighted by Gasteiger charge is -2.34. The summed E-state index contributed by atoms with van der Waals surface area (Å²) in [4.78, 5) is 36.0. The normalized spacial score (nSPS) is 14.9. The molecule has 2 heterocycles. The average Bonchev–Trinajstić information content (AvgIpc) is 2.65. The summed E-state index contributed by atoms with van der Waals surface area (Å²) in [7, 11) is 0. The number of amides is 2. The van der Waals surface area contributed by atoms with E-state index < -0.39 is 5.82 Å². The maximum Gasteiger partial charge on any atom is 0.274 e. The zero-order chi connectivity index (χ0) is 18.5. The van der Waals surface area contributed by atoms with Crippen LogP contribution in [0.5, 0.6) is 0 Å². The van der Waals surface area contributed by atoms with Crippen molar-refractivity contribution in [3.63, 3.8) is 0 Å². The molecular weight excluding hydrogens is 361 g/mol. The molecule has 0 saturated carbocycles. The second kappa shape index (κ2) is 8.20. The second-order valence-electron chi connectivity index (χ2n) is 5.84. The summed E-state index contributed by atoms with van der Waals surface area (Å²) >= 11 is 5.70. The summed E-state index contributed by atoms with van der Waals surface area (Å²) in [5, 5.41) is 2.64. The Kier molecular flexibility index (Phi) is 5.75. The smallest absolute Gasteiger partial charge is 0.274 e. The van der Waals surface area contributed by atoms with Crippen molar-refractivity contribution in [3.05, 3.63) is 53.3 Å². The molecule has 1 saturated heterocycles. The molecule has 2 aromatic rings. The Morgan fingerprint density at radius 1 is 1.19 bits per heavy atom. The molecule has 1 N–H and O–H groups in total. The van der Waals surface area contributed by atoms with Gasteiger partial charge in [0.15, 0.2) is 0 Å². The molecule has 1 aromatic carbocycles. The zero-order valence-corrected chi connectivity index (χ0v) is 14.6. The Bertz CT molecular complexity index is 797. The fourth-order valence-corrected chi connectivity index (χ4v) is 2.84. The molecule has 0 unspecified atom stereocenters. The van der Waals surface area contributed by atoms with Crippen LogP contribution in [0.15, 0.2) is 36.8 Å². The zero-order valence-electron chi connectivity index (χ0n) is 13.9. The molecule has 1 fully saturated rings. The van der Waals surface area contributed by atoms with E-state index in [0.717, 1.165) is 0 Å². The van der Waals surface area contributed by atoms with Crippen LogP contribution in [0, 0.1) is 5.82 Å². The minimum absolute atomic E-state index is 0.0427. The minimum atomic E-state index is -0.534. The van der Waals surface area contributed by atoms with Gasteiger partial charge in [0.2, 0.25) is 5.91 Å². The molecular formula is C17H17ClFN5O2. The molecule has 9 heteroatoms. The summed E-state index contributed by atoms with van der Waals surface area (Å²) < 4.78 is 13.1. The number of hydrogen-bond donors (Lipinski definition) is 1. The highest BCUT2D eigenvalue weighted by Gasteiger charge is 2.24. The van der Waals surface area contributed by atoms with Gasteiger partial charge in [-0.2, -0.15) is 0 Å². The maximum absolute atomic E-state index is 13.1. The van der Waals surface area contributed by atoms with Crippen molar-refractivity contribution in [1.82, 2.24) is 19.8 Å². The quantitative estimate of drug-likeness (QED) is 0.876. The van der Waals surface area contributed by atoms with E-state index in [2.05, 4.69) is 15.3 Å². The van der Waals surface area contributed by atoms with Gasteiger partial charge in [0.1, 0.15) is 11.5 Å². The molecule has 0 spiro atoms. The van der Waals surface area contributed by atoms with E-state index in [9.17, 15) is 14.0 Å². The topological polar surface area (TPSA) is 78.4 Å². The molecule has 1 aliphatic heterocycles. The van der Waals surface area contributed by atoms with Crippen molar-refractivity contribution in [2.45, 2.75) is 0 Å². The SMILES string of the molecule is O=C(CN1CCN(C(=O)c2cnccn2)CC1)Nc1ccc(F)c(Cl)c1. The van der Waals surface area contributed by atoms with Crippen LogP contribution >= 0.6 is 11.6 Å². The van der Waals surface area contributed by atoms with E-state index in [0.29, 0.717) is 37.6 Å². The Morgan fingerprint density at radius 2 is 1.96 bits per heavy atom. The molecule has 0 aliphatic carbocycles. The third kappa shape index (κ3) is 4.53. The first-order chi connectivity index (χ1) is 12.5. The first-order valence-electron chi connectivity index (χ1n) is 8.05. The number of carbonyl (C=O) groups excluding carboxylic acids is 2. The summed E-state index contributed by atoms with van der Waals surface area (Å²) in [5.41, 5.74) is 0.754. The van der Waals surface area contributed by atoms with Gasteiger partial charge in [-0.05, 0) is 18.2 Å². The molecule has 1 aliphatic rings. The highest BCUT2D eigenvalue weighted by Crippen LogP contribution is 2.19. The fourth-order valence-electron chi connectivity index (χ4n) is 2.66. The summed E-state index contributed by atoms with van der Waals surface area (Å²) in [6, 6.07) is 4.03. The largest absolute Gasteiger partial charge is 0.335 e. The molecule has 136 valence electrons. The van der Waals surface area contributed by atoms with E-state index in [1.54, 1.807) is 4.90 Å². The number of benzene rings is 1. The van der Waals surface area contributed by atoms with Gasteiger partial charge in [-0.25, -0.2) is 9.37 Å². The van der Waals surface area contributed by atoms with Gasteiger partial charge in [0.05, 0.1) is 17.8 Å². The lowest BCUT2D eigenvalue weighted by molar-refractivity contribution is -0.117. The number of nitrogens with zero attached hydrogens (tertiary/aromatic N) is 4. The van der Waals surface area contributed by atoms with Crippen molar-refractivity contribution >= 4 is 29.1 Å². The van der Waals surface area contributed by atoms with Crippen molar-refractivity contribution in [2.24, 2.45) is 0 Å². The van der Waals surface area contributed by atoms with Gasteiger partial charge in [-0.1, -0.05) is 11.6 Å². The molecule has 0 atom stereocenters. The third-order valence-electron chi connectivity index (χ3n) is 4.01. The summed E-state index contributed by atoms with van der Waals surface area (Å²) in [6.07, 6.45) is 4.44. The van der Waals surface area contributed by atoms with Crippen molar-refractivity contribution in [1.29, 1.82) is 0 Å². The van der Waals surface area contributed by atoms with E-state index in [4.69, 9.17) is 11.6 Å². The molecule has 7 nitrogen and oxygen atoms in total.